The average Bonchev–Trinajstić information content (AvgIpc) is 3.25. The first kappa shape index (κ1) is 16.0. The fourth-order valence-corrected chi connectivity index (χ4v) is 2.58. The third-order valence-corrected chi connectivity index (χ3v) is 4.07. The number of carbonyl (C=O) groups excluding carboxylic acids is 1. The fourth-order valence-electron chi connectivity index (χ4n) is 2.58. The van der Waals surface area contributed by atoms with Crippen LogP contribution in [-0.4, -0.2) is 32.8 Å². The van der Waals surface area contributed by atoms with Crippen molar-refractivity contribution in [2.24, 2.45) is 7.05 Å². The molecule has 0 aliphatic heterocycles. The lowest BCUT2D eigenvalue weighted by atomic mass is 10.1. The Balaban J connectivity index is 1.70. The van der Waals surface area contributed by atoms with Crippen LogP contribution >= 0.6 is 0 Å². The summed E-state index contributed by atoms with van der Waals surface area (Å²) in [6, 6.07) is 5.40. The second kappa shape index (κ2) is 6.35. The molecule has 7 heteroatoms. The molecule has 24 heavy (non-hydrogen) atoms. The van der Waals surface area contributed by atoms with E-state index in [0.29, 0.717) is 24.5 Å². The SMILES string of the molecule is Cc1noc(C)c1Cc1ccc(C(=O)N(C)Cc2ccnn2C)o1. The highest BCUT2D eigenvalue weighted by molar-refractivity contribution is 5.91. The van der Waals surface area contributed by atoms with Gasteiger partial charge in [0.05, 0.1) is 17.9 Å². The predicted octanol–water partition coefficient (Wildman–Crippen LogP) is 2.48. The van der Waals surface area contributed by atoms with Crippen molar-refractivity contribution >= 4 is 5.91 Å². The topological polar surface area (TPSA) is 77.3 Å². The van der Waals surface area contributed by atoms with E-state index in [-0.39, 0.29) is 5.91 Å². The molecule has 3 heterocycles. The first-order chi connectivity index (χ1) is 11.5. The van der Waals surface area contributed by atoms with Crippen LogP contribution < -0.4 is 0 Å². The van der Waals surface area contributed by atoms with Crippen molar-refractivity contribution in [3.63, 3.8) is 0 Å². The summed E-state index contributed by atoms with van der Waals surface area (Å²) in [6.07, 6.45) is 2.27. The number of rotatable bonds is 5. The molecule has 0 radical (unpaired) electrons. The Hall–Kier alpha value is -2.83. The maximum atomic E-state index is 12.5. The highest BCUT2D eigenvalue weighted by Gasteiger charge is 2.18. The monoisotopic (exact) mass is 328 g/mol. The average molecular weight is 328 g/mol. The van der Waals surface area contributed by atoms with Crippen LogP contribution in [0.25, 0.3) is 0 Å². The van der Waals surface area contributed by atoms with E-state index in [0.717, 1.165) is 22.7 Å². The lowest BCUT2D eigenvalue weighted by Gasteiger charge is -2.15. The van der Waals surface area contributed by atoms with Gasteiger partial charge in [0.1, 0.15) is 11.5 Å². The van der Waals surface area contributed by atoms with Crippen molar-refractivity contribution in [3.05, 3.63) is 58.6 Å². The molecule has 0 aliphatic rings. The summed E-state index contributed by atoms with van der Waals surface area (Å²) < 4.78 is 12.6. The Morgan fingerprint density at radius 3 is 2.71 bits per heavy atom. The lowest BCUT2D eigenvalue weighted by Crippen LogP contribution is -2.26. The van der Waals surface area contributed by atoms with Crippen LogP contribution in [-0.2, 0) is 20.0 Å². The summed E-state index contributed by atoms with van der Waals surface area (Å²) in [7, 11) is 3.59. The van der Waals surface area contributed by atoms with E-state index in [1.54, 1.807) is 28.9 Å². The number of aromatic nitrogens is 3. The highest BCUT2D eigenvalue weighted by Crippen LogP contribution is 2.20. The second-order valence-electron chi connectivity index (χ2n) is 5.85. The Morgan fingerprint density at radius 2 is 2.08 bits per heavy atom. The number of hydrogen-bond acceptors (Lipinski definition) is 5. The van der Waals surface area contributed by atoms with Gasteiger partial charge in [-0.2, -0.15) is 5.10 Å². The first-order valence-electron chi connectivity index (χ1n) is 7.68. The number of hydrogen-bond donors (Lipinski definition) is 0. The first-order valence-corrected chi connectivity index (χ1v) is 7.68. The van der Waals surface area contributed by atoms with Gasteiger partial charge in [-0.05, 0) is 32.0 Å². The molecule has 0 saturated heterocycles. The Bertz CT molecular complexity index is 839. The standard InChI is InChI=1S/C17H20N4O3/c1-11-15(12(2)24-19-11)9-14-5-6-16(23-14)17(22)20(3)10-13-7-8-18-21(13)4/h5-8H,9-10H2,1-4H3. The van der Waals surface area contributed by atoms with Gasteiger partial charge in [-0.3, -0.25) is 9.48 Å². The minimum atomic E-state index is -0.166. The van der Waals surface area contributed by atoms with Crippen LogP contribution in [0.4, 0.5) is 0 Å². The van der Waals surface area contributed by atoms with Crippen molar-refractivity contribution in [2.75, 3.05) is 7.05 Å². The third kappa shape index (κ3) is 3.10. The van der Waals surface area contributed by atoms with Gasteiger partial charge in [-0.15, -0.1) is 0 Å². The number of nitrogens with zero attached hydrogens (tertiary/aromatic N) is 4. The van der Waals surface area contributed by atoms with Crippen LogP contribution in [0.15, 0.2) is 33.3 Å². The Kier molecular flexibility index (Phi) is 4.24. The maximum absolute atomic E-state index is 12.5. The lowest BCUT2D eigenvalue weighted by molar-refractivity contribution is 0.0748. The van der Waals surface area contributed by atoms with Crippen molar-refractivity contribution in [3.8, 4) is 0 Å². The summed E-state index contributed by atoms with van der Waals surface area (Å²) >= 11 is 0. The molecule has 0 spiro atoms. The number of aryl methyl sites for hydroxylation is 3. The van der Waals surface area contributed by atoms with E-state index < -0.39 is 0 Å². The summed E-state index contributed by atoms with van der Waals surface area (Å²) in [5.74, 6) is 1.63. The number of furan rings is 1. The molecule has 3 aromatic heterocycles. The molecule has 0 aliphatic carbocycles. The zero-order valence-corrected chi connectivity index (χ0v) is 14.2. The molecule has 1 amide bonds. The number of amides is 1. The molecule has 126 valence electrons. The van der Waals surface area contributed by atoms with Crippen molar-refractivity contribution in [2.45, 2.75) is 26.8 Å². The van der Waals surface area contributed by atoms with Crippen LogP contribution in [0.2, 0.25) is 0 Å². The van der Waals surface area contributed by atoms with Crippen LogP contribution in [0, 0.1) is 13.8 Å². The third-order valence-electron chi connectivity index (χ3n) is 4.07. The molecule has 0 fully saturated rings. The summed E-state index contributed by atoms with van der Waals surface area (Å²) in [5, 5.41) is 8.04. The van der Waals surface area contributed by atoms with Gasteiger partial charge in [-0.1, -0.05) is 5.16 Å². The van der Waals surface area contributed by atoms with Gasteiger partial charge in [-0.25, -0.2) is 0 Å². The quantitative estimate of drug-likeness (QED) is 0.719. The molecular weight excluding hydrogens is 308 g/mol. The van der Waals surface area contributed by atoms with Crippen LogP contribution in [0.3, 0.4) is 0 Å². The fraction of sp³-hybridized carbons (Fsp3) is 0.353. The van der Waals surface area contributed by atoms with E-state index in [2.05, 4.69) is 10.3 Å². The van der Waals surface area contributed by atoms with Crippen molar-refractivity contribution in [1.82, 2.24) is 19.8 Å². The molecule has 0 N–H and O–H groups in total. The minimum absolute atomic E-state index is 0.166. The molecule has 7 nitrogen and oxygen atoms in total. The van der Waals surface area contributed by atoms with Gasteiger partial charge in [0.2, 0.25) is 0 Å². The zero-order valence-electron chi connectivity index (χ0n) is 14.2. The van der Waals surface area contributed by atoms with Gasteiger partial charge in [0, 0.05) is 32.3 Å². The van der Waals surface area contributed by atoms with Gasteiger partial charge < -0.3 is 13.8 Å². The summed E-state index contributed by atoms with van der Waals surface area (Å²) in [5.41, 5.74) is 2.78. The Morgan fingerprint density at radius 1 is 1.29 bits per heavy atom. The van der Waals surface area contributed by atoms with E-state index in [1.165, 1.54) is 0 Å². The molecule has 3 rings (SSSR count). The van der Waals surface area contributed by atoms with Gasteiger partial charge in [0.15, 0.2) is 5.76 Å². The van der Waals surface area contributed by atoms with Gasteiger partial charge in [0.25, 0.3) is 5.91 Å². The number of carbonyl (C=O) groups is 1. The Labute approximate surface area is 139 Å². The van der Waals surface area contributed by atoms with Crippen LogP contribution in [0.1, 0.15) is 39.0 Å². The molecule has 0 bridgehead atoms. The van der Waals surface area contributed by atoms with Crippen molar-refractivity contribution < 1.29 is 13.7 Å². The highest BCUT2D eigenvalue weighted by atomic mass is 16.5. The molecule has 0 atom stereocenters. The van der Waals surface area contributed by atoms with E-state index in [9.17, 15) is 4.79 Å². The second-order valence-corrected chi connectivity index (χ2v) is 5.85. The molecule has 0 aromatic carbocycles. The summed E-state index contributed by atoms with van der Waals surface area (Å²) in [4.78, 5) is 14.1. The predicted molar refractivity (Wildman–Crippen MR) is 86.5 cm³/mol. The normalized spacial score (nSPS) is 11.0. The minimum Gasteiger partial charge on any atom is -0.456 e. The van der Waals surface area contributed by atoms with E-state index in [4.69, 9.17) is 8.94 Å². The molecule has 0 unspecified atom stereocenters. The molecular formula is C17H20N4O3. The van der Waals surface area contributed by atoms with E-state index >= 15 is 0 Å². The van der Waals surface area contributed by atoms with Crippen molar-refractivity contribution in [1.29, 1.82) is 0 Å². The van der Waals surface area contributed by atoms with E-state index in [1.807, 2.05) is 33.0 Å². The van der Waals surface area contributed by atoms with Crippen LogP contribution in [0.5, 0.6) is 0 Å². The maximum Gasteiger partial charge on any atom is 0.289 e. The molecule has 3 aromatic rings. The summed E-state index contributed by atoms with van der Waals surface area (Å²) in [6.45, 7) is 4.23. The smallest absolute Gasteiger partial charge is 0.289 e. The molecule has 0 saturated carbocycles. The largest absolute Gasteiger partial charge is 0.456 e. The zero-order chi connectivity index (χ0) is 17.3. The van der Waals surface area contributed by atoms with Gasteiger partial charge >= 0.3 is 0 Å².